The highest BCUT2D eigenvalue weighted by atomic mass is 32.2. The van der Waals surface area contributed by atoms with Crippen molar-refractivity contribution in [3.63, 3.8) is 0 Å². The van der Waals surface area contributed by atoms with Gasteiger partial charge < -0.3 is 19.5 Å². The number of fused-ring (bicyclic) bond motifs is 1. The Bertz CT molecular complexity index is 865. The zero-order valence-electron chi connectivity index (χ0n) is 15.0. The zero-order valence-corrected chi connectivity index (χ0v) is 16.6. The van der Waals surface area contributed by atoms with Crippen molar-refractivity contribution in [1.82, 2.24) is 0 Å². The van der Waals surface area contributed by atoms with Crippen LogP contribution in [0.3, 0.4) is 0 Å². The van der Waals surface area contributed by atoms with Gasteiger partial charge in [0.25, 0.3) is 5.91 Å². The van der Waals surface area contributed by atoms with Crippen molar-refractivity contribution in [2.24, 2.45) is 0 Å². The second kappa shape index (κ2) is 8.79. The molecule has 0 bridgehead atoms. The summed E-state index contributed by atoms with van der Waals surface area (Å²) < 4.78 is 16.5. The normalized spacial score (nSPS) is 15.9. The lowest BCUT2D eigenvalue weighted by atomic mass is 10.1. The van der Waals surface area contributed by atoms with E-state index in [2.05, 4.69) is 5.32 Å². The predicted octanol–water partition coefficient (Wildman–Crippen LogP) is 3.73. The second-order valence-electron chi connectivity index (χ2n) is 6.18. The van der Waals surface area contributed by atoms with Crippen LogP contribution in [0.5, 0.6) is 11.5 Å². The van der Waals surface area contributed by atoms with Gasteiger partial charge in [-0.3, -0.25) is 4.79 Å². The first-order chi connectivity index (χ1) is 13.7. The SMILES string of the molecule is O=C(COC(=O)c1ccc(C2SCCS2)cc1)Nc1ccc2c(c1)OCCO2. The van der Waals surface area contributed by atoms with E-state index in [-0.39, 0.29) is 6.61 Å². The molecule has 0 atom stereocenters. The summed E-state index contributed by atoms with van der Waals surface area (Å²) in [6, 6.07) is 12.5. The third-order valence-electron chi connectivity index (χ3n) is 4.20. The molecule has 2 heterocycles. The highest BCUT2D eigenvalue weighted by Gasteiger charge is 2.19. The number of benzene rings is 2. The fourth-order valence-corrected chi connectivity index (χ4v) is 5.72. The molecule has 2 aromatic rings. The Morgan fingerprint density at radius 1 is 1.00 bits per heavy atom. The van der Waals surface area contributed by atoms with Crippen LogP contribution < -0.4 is 14.8 Å². The molecule has 4 rings (SSSR count). The first kappa shape index (κ1) is 19.0. The van der Waals surface area contributed by atoms with Crippen molar-refractivity contribution < 1.29 is 23.8 Å². The lowest BCUT2D eigenvalue weighted by Gasteiger charge is -2.19. The highest BCUT2D eigenvalue weighted by molar-refractivity contribution is 8.19. The van der Waals surface area contributed by atoms with E-state index in [4.69, 9.17) is 14.2 Å². The second-order valence-corrected chi connectivity index (χ2v) is 8.90. The van der Waals surface area contributed by atoms with Crippen molar-refractivity contribution in [3.8, 4) is 11.5 Å². The van der Waals surface area contributed by atoms with Crippen LogP contribution in [-0.4, -0.2) is 43.2 Å². The lowest BCUT2D eigenvalue weighted by Crippen LogP contribution is -2.21. The van der Waals surface area contributed by atoms with Crippen LogP contribution in [-0.2, 0) is 9.53 Å². The fourth-order valence-electron chi connectivity index (χ4n) is 2.86. The van der Waals surface area contributed by atoms with Crippen molar-refractivity contribution in [2.45, 2.75) is 4.58 Å². The average Bonchev–Trinajstić information content (AvgIpc) is 3.27. The van der Waals surface area contributed by atoms with E-state index in [1.165, 1.54) is 5.56 Å². The van der Waals surface area contributed by atoms with Gasteiger partial charge in [-0.2, -0.15) is 0 Å². The average molecular weight is 418 g/mol. The molecule has 146 valence electrons. The summed E-state index contributed by atoms with van der Waals surface area (Å²) in [4.78, 5) is 24.3. The van der Waals surface area contributed by atoms with Crippen LogP contribution in [0, 0.1) is 0 Å². The Morgan fingerprint density at radius 2 is 1.71 bits per heavy atom. The monoisotopic (exact) mass is 417 g/mol. The minimum absolute atomic E-state index is 0.358. The molecule has 1 N–H and O–H groups in total. The van der Waals surface area contributed by atoms with Gasteiger partial charge in [0.05, 0.1) is 10.1 Å². The largest absolute Gasteiger partial charge is 0.486 e. The van der Waals surface area contributed by atoms with Gasteiger partial charge in [0.2, 0.25) is 0 Å². The van der Waals surface area contributed by atoms with Gasteiger partial charge in [-0.25, -0.2) is 4.79 Å². The molecule has 1 fully saturated rings. The smallest absolute Gasteiger partial charge is 0.338 e. The topological polar surface area (TPSA) is 73.9 Å². The number of rotatable bonds is 5. The molecule has 8 heteroatoms. The molecule has 0 aliphatic carbocycles. The molecule has 2 aliphatic heterocycles. The third-order valence-corrected chi connectivity index (χ3v) is 7.31. The van der Waals surface area contributed by atoms with Gasteiger partial charge in [-0.05, 0) is 29.8 Å². The molecule has 28 heavy (non-hydrogen) atoms. The molecule has 0 radical (unpaired) electrons. The molecule has 0 unspecified atom stereocenters. The van der Waals surface area contributed by atoms with Crippen LogP contribution in [0.1, 0.15) is 20.5 Å². The maximum atomic E-state index is 12.2. The lowest BCUT2D eigenvalue weighted by molar-refractivity contribution is -0.119. The van der Waals surface area contributed by atoms with Crippen molar-refractivity contribution >= 4 is 41.1 Å². The van der Waals surface area contributed by atoms with Crippen LogP contribution in [0.2, 0.25) is 0 Å². The summed E-state index contributed by atoms with van der Waals surface area (Å²) in [5.74, 6) is 2.60. The number of hydrogen-bond acceptors (Lipinski definition) is 7. The van der Waals surface area contributed by atoms with Gasteiger partial charge in [0.15, 0.2) is 18.1 Å². The van der Waals surface area contributed by atoms with Gasteiger partial charge >= 0.3 is 5.97 Å². The fraction of sp³-hybridized carbons (Fsp3) is 0.300. The number of ether oxygens (including phenoxy) is 3. The van der Waals surface area contributed by atoms with E-state index < -0.39 is 11.9 Å². The number of esters is 1. The van der Waals surface area contributed by atoms with Gasteiger partial charge in [0, 0.05) is 23.3 Å². The van der Waals surface area contributed by atoms with E-state index in [1.54, 1.807) is 30.3 Å². The summed E-state index contributed by atoms with van der Waals surface area (Å²) in [7, 11) is 0. The standard InChI is InChI=1S/C20H19NO5S2/c22-18(21-15-5-6-16-17(11-15)25-8-7-24-16)12-26-19(23)13-1-3-14(4-2-13)20-27-9-10-28-20/h1-6,11,20H,7-10,12H2,(H,21,22). The van der Waals surface area contributed by atoms with Gasteiger partial charge in [-0.15, -0.1) is 23.5 Å². The van der Waals surface area contributed by atoms with Crippen LogP contribution in [0.25, 0.3) is 0 Å². The summed E-state index contributed by atoms with van der Waals surface area (Å²) in [6.07, 6.45) is 0. The number of hydrogen-bond donors (Lipinski definition) is 1. The summed E-state index contributed by atoms with van der Waals surface area (Å²) in [5, 5.41) is 2.69. The maximum Gasteiger partial charge on any atom is 0.338 e. The third kappa shape index (κ3) is 4.56. The number of nitrogens with one attached hydrogen (secondary N) is 1. The molecule has 2 aliphatic rings. The first-order valence-corrected chi connectivity index (χ1v) is 11.0. The molecular formula is C20H19NO5S2. The van der Waals surface area contributed by atoms with Crippen LogP contribution >= 0.6 is 23.5 Å². The minimum atomic E-state index is -0.518. The van der Waals surface area contributed by atoms with Crippen molar-refractivity contribution in [2.75, 3.05) is 36.6 Å². The number of carbonyl (C=O) groups is 2. The van der Waals surface area contributed by atoms with Crippen molar-refractivity contribution in [1.29, 1.82) is 0 Å². The van der Waals surface area contributed by atoms with Crippen LogP contribution in [0.4, 0.5) is 5.69 Å². The summed E-state index contributed by atoms with van der Waals surface area (Å²) >= 11 is 3.82. The number of anilines is 1. The highest BCUT2D eigenvalue weighted by Crippen LogP contribution is 2.45. The Hall–Kier alpha value is -2.32. The van der Waals surface area contributed by atoms with Crippen LogP contribution in [0.15, 0.2) is 42.5 Å². The van der Waals surface area contributed by atoms with Crippen molar-refractivity contribution in [3.05, 3.63) is 53.6 Å². The molecule has 6 nitrogen and oxygen atoms in total. The number of carbonyl (C=O) groups excluding carboxylic acids is 2. The predicted molar refractivity (Wildman–Crippen MR) is 110 cm³/mol. The Labute approximate surface area is 171 Å². The maximum absolute atomic E-state index is 12.2. The molecule has 0 aromatic heterocycles. The van der Waals surface area contributed by atoms with E-state index in [9.17, 15) is 9.59 Å². The quantitative estimate of drug-likeness (QED) is 0.743. The molecule has 0 saturated carbocycles. The Balaban J connectivity index is 1.28. The van der Waals surface area contributed by atoms with E-state index in [0.717, 1.165) is 11.5 Å². The molecule has 1 amide bonds. The summed E-state index contributed by atoms with van der Waals surface area (Å²) in [5.41, 5.74) is 2.19. The minimum Gasteiger partial charge on any atom is -0.486 e. The van der Waals surface area contributed by atoms with E-state index >= 15 is 0 Å². The number of amides is 1. The summed E-state index contributed by atoms with van der Waals surface area (Å²) in [6.45, 7) is 0.621. The van der Waals surface area contributed by atoms with Gasteiger partial charge in [0.1, 0.15) is 13.2 Å². The zero-order chi connectivity index (χ0) is 19.3. The molecule has 0 spiro atoms. The molecule has 2 aromatic carbocycles. The Morgan fingerprint density at radius 3 is 2.46 bits per heavy atom. The van der Waals surface area contributed by atoms with E-state index in [0.29, 0.717) is 40.5 Å². The molecule has 1 saturated heterocycles. The Kier molecular flexibility index (Phi) is 5.97. The molecular weight excluding hydrogens is 398 g/mol. The number of thioether (sulfide) groups is 2. The van der Waals surface area contributed by atoms with Gasteiger partial charge in [-0.1, -0.05) is 12.1 Å². The first-order valence-electron chi connectivity index (χ1n) is 8.89. The van der Waals surface area contributed by atoms with E-state index in [1.807, 2.05) is 35.7 Å².